The van der Waals surface area contributed by atoms with Gasteiger partial charge in [0.2, 0.25) is 11.5 Å². The van der Waals surface area contributed by atoms with Crippen LogP contribution in [0.2, 0.25) is 0 Å². The zero-order chi connectivity index (χ0) is 34.0. The van der Waals surface area contributed by atoms with Crippen LogP contribution >= 0.6 is 0 Å². The molecule has 2 amide bonds. The van der Waals surface area contributed by atoms with Gasteiger partial charge in [-0.2, -0.15) is 13.2 Å². The van der Waals surface area contributed by atoms with E-state index in [4.69, 9.17) is 20.6 Å². The van der Waals surface area contributed by atoms with Crippen LogP contribution in [0.25, 0.3) is 11.3 Å². The quantitative estimate of drug-likeness (QED) is 0.231. The van der Waals surface area contributed by atoms with E-state index < -0.39 is 47.1 Å². The molecule has 1 aromatic carbocycles. The second kappa shape index (κ2) is 11.5. The fourth-order valence-electron chi connectivity index (χ4n) is 6.14. The van der Waals surface area contributed by atoms with Crippen molar-refractivity contribution in [2.24, 2.45) is 11.7 Å². The van der Waals surface area contributed by atoms with Gasteiger partial charge in [0.15, 0.2) is 0 Å². The summed E-state index contributed by atoms with van der Waals surface area (Å²) in [7, 11) is 0. The molecule has 252 valence electrons. The number of carbonyl (C=O) groups is 2. The number of halogens is 4. The first-order chi connectivity index (χ1) is 22.8. The Hall–Kier alpha value is -4.56. The normalized spacial score (nSPS) is 24.3. The average molecular weight is 669 g/mol. The lowest BCUT2D eigenvalue weighted by Crippen LogP contribution is -2.80. The lowest BCUT2D eigenvalue weighted by molar-refractivity contribution is -0.602. The second-order valence-electron chi connectivity index (χ2n) is 13.1. The van der Waals surface area contributed by atoms with E-state index >= 15 is 0 Å². The molecule has 0 bridgehead atoms. The molecule has 2 heterocycles. The average Bonchev–Trinajstić information content (AvgIpc) is 3.91. The van der Waals surface area contributed by atoms with Gasteiger partial charge in [0.05, 0.1) is 30.0 Å². The van der Waals surface area contributed by atoms with E-state index in [1.54, 1.807) is 6.20 Å². The van der Waals surface area contributed by atoms with Crippen LogP contribution in [0.3, 0.4) is 0 Å². The van der Waals surface area contributed by atoms with Gasteiger partial charge in [0.25, 0.3) is 5.91 Å². The fourth-order valence-corrected chi connectivity index (χ4v) is 6.14. The first-order valence-electron chi connectivity index (χ1n) is 15.9. The molecule has 0 unspecified atom stereocenters. The van der Waals surface area contributed by atoms with E-state index in [2.05, 4.69) is 10.3 Å². The zero-order valence-electron chi connectivity index (χ0n) is 25.7. The van der Waals surface area contributed by atoms with E-state index in [0.717, 1.165) is 43.9 Å². The molecular weight excluding hydrogens is 634 g/mol. The number of nitrogens with two attached hydrogens (primary N) is 2. The number of amides is 2. The summed E-state index contributed by atoms with van der Waals surface area (Å²) in [6.45, 7) is -1.57. The molecule has 7 N–H and O–H groups in total. The number of nitrogens with one attached hydrogen (secondary N) is 2. The Bertz CT molecular complexity index is 1790. The molecule has 3 saturated carbocycles. The fraction of sp³-hybridized carbons (Fsp3) is 0.412. The van der Waals surface area contributed by atoms with Gasteiger partial charge < -0.3 is 30.9 Å². The molecule has 7 rings (SSSR count). The molecule has 5 aliphatic rings. The smallest absolute Gasteiger partial charge is 0.424 e. The number of fused-ring (bicyclic) bond motifs is 1. The van der Waals surface area contributed by atoms with Crippen LogP contribution in [0.1, 0.15) is 49.8 Å². The number of quaternary nitrogens is 1. The molecular formula is C34H34F4N5O5+. The van der Waals surface area contributed by atoms with Gasteiger partial charge in [0, 0.05) is 29.5 Å². The third-order valence-corrected chi connectivity index (χ3v) is 9.51. The van der Waals surface area contributed by atoms with Crippen molar-refractivity contribution >= 4 is 17.5 Å². The number of ether oxygens (including phenoxy) is 2. The summed E-state index contributed by atoms with van der Waals surface area (Å²) in [6.07, 6.45) is 3.75. The SMILES string of the molecule is N=C1C(OC2CC2)=CC(C(=O)NC[C@](O)(c2cc3c(c(-c4ccc(F)cc4)n2)OC[C@@]3(C(N)=O)C2CC2)C(F)(F)F)=C/C1=C/[NH2+]C1CC1. The first kappa shape index (κ1) is 32.0. The minimum atomic E-state index is -5.36. The lowest BCUT2D eigenvalue weighted by atomic mass is 9.76. The number of aliphatic hydroxyl groups is 1. The van der Waals surface area contributed by atoms with Crippen LogP contribution in [0, 0.1) is 17.1 Å². The summed E-state index contributed by atoms with van der Waals surface area (Å²) in [4.78, 5) is 30.6. The predicted octanol–water partition coefficient (Wildman–Crippen LogP) is 2.91. The van der Waals surface area contributed by atoms with Crippen molar-refractivity contribution in [1.82, 2.24) is 10.3 Å². The number of alkyl halides is 3. The Labute approximate surface area is 272 Å². The highest BCUT2D eigenvalue weighted by Gasteiger charge is 2.60. The molecule has 0 saturated heterocycles. The molecule has 0 radical (unpaired) electrons. The maximum atomic E-state index is 14.9. The van der Waals surface area contributed by atoms with Crippen LogP contribution in [0.5, 0.6) is 5.75 Å². The van der Waals surface area contributed by atoms with Crippen molar-refractivity contribution in [3.8, 4) is 17.0 Å². The maximum absolute atomic E-state index is 14.9. The number of carbonyl (C=O) groups excluding carboxylic acids is 2. The van der Waals surface area contributed by atoms with Crippen LogP contribution < -0.4 is 21.1 Å². The number of primary amides is 1. The van der Waals surface area contributed by atoms with Gasteiger partial charge in [-0.1, -0.05) is 0 Å². The van der Waals surface area contributed by atoms with Gasteiger partial charge in [-0.05, 0) is 74.1 Å². The topological polar surface area (TPSA) is 164 Å². The molecule has 48 heavy (non-hydrogen) atoms. The molecule has 10 nitrogen and oxygen atoms in total. The minimum Gasteiger partial charge on any atom is -0.489 e. The maximum Gasteiger partial charge on any atom is 0.424 e. The highest BCUT2D eigenvalue weighted by Crippen LogP contribution is 2.56. The molecule has 1 aliphatic heterocycles. The molecule has 2 atom stereocenters. The molecule has 2 aromatic rings. The van der Waals surface area contributed by atoms with Crippen LogP contribution in [0.4, 0.5) is 17.6 Å². The van der Waals surface area contributed by atoms with Crippen LogP contribution in [-0.2, 0) is 25.3 Å². The highest BCUT2D eigenvalue weighted by molar-refractivity contribution is 6.15. The Morgan fingerprint density at radius 1 is 1.15 bits per heavy atom. The third-order valence-electron chi connectivity index (χ3n) is 9.51. The van der Waals surface area contributed by atoms with Gasteiger partial charge in [-0.15, -0.1) is 0 Å². The first-order valence-corrected chi connectivity index (χ1v) is 15.9. The molecule has 4 aliphatic carbocycles. The van der Waals surface area contributed by atoms with E-state index in [0.29, 0.717) is 24.5 Å². The van der Waals surface area contributed by atoms with Crippen molar-refractivity contribution < 1.29 is 47.0 Å². The standard InChI is InChI=1S/C34H33F4N5O5/c35-21-5-1-17(2-6-21)28-29-24(32(16-47-29,31(40)45)20-3-4-20)13-26(43-28)33(46,34(36,37)38)15-42-30(44)18-11-19(14-41-22-7-8-22)27(39)25(12-18)48-23-9-10-23/h1-2,5-6,11-14,20,22-23,39,41,46H,3-4,7-10,15-16H2,(H2,40,45)(H,42,44)/p+1/b19-14-,39-27?/t32-,33+/m1/s1. The Balaban J connectivity index is 1.26. The summed E-state index contributed by atoms with van der Waals surface area (Å²) in [5.74, 6) is -2.45. The van der Waals surface area contributed by atoms with Gasteiger partial charge in [0.1, 0.15) is 47.0 Å². The monoisotopic (exact) mass is 668 g/mol. The number of hydrogen-bond acceptors (Lipinski definition) is 7. The Morgan fingerprint density at radius 3 is 2.46 bits per heavy atom. The second-order valence-corrected chi connectivity index (χ2v) is 13.1. The largest absolute Gasteiger partial charge is 0.489 e. The number of allylic oxidation sites excluding steroid dienone is 2. The number of aromatic nitrogens is 1. The van der Waals surface area contributed by atoms with Gasteiger partial charge >= 0.3 is 6.18 Å². The summed E-state index contributed by atoms with van der Waals surface area (Å²) < 4.78 is 70.4. The van der Waals surface area contributed by atoms with E-state index in [1.807, 2.05) is 5.32 Å². The molecule has 3 fully saturated rings. The van der Waals surface area contributed by atoms with E-state index in [1.165, 1.54) is 24.3 Å². The summed E-state index contributed by atoms with van der Waals surface area (Å²) in [5.41, 5.74) is 0.257. The van der Waals surface area contributed by atoms with Crippen molar-refractivity contribution in [2.75, 3.05) is 13.2 Å². The van der Waals surface area contributed by atoms with Gasteiger partial charge in [-0.3, -0.25) is 15.0 Å². The van der Waals surface area contributed by atoms with E-state index in [-0.39, 0.29) is 58.2 Å². The van der Waals surface area contributed by atoms with Crippen molar-refractivity contribution in [2.45, 2.75) is 67.9 Å². The lowest BCUT2D eigenvalue weighted by Gasteiger charge is -2.32. The molecule has 1 aromatic heterocycles. The summed E-state index contributed by atoms with van der Waals surface area (Å²) in [5, 5.41) is 24.2. The number of rotatable bonds is 11. The van der Waals surface area contributed by atoms with Crippen molar-refractivity contribution in [3.05, 3.63) is 82.7 Å². The van der Waals surface area contributed by atoms with Gasteiger partial charge in [-0.25, -0.2) is 9.37 Å². The zero-order valence-corrected chi connectivity index (χ0v) is 25.7. The predicted molar refractivity (Wildman–Crippen MR) is 163 cm³/mol. The van der Waals surface area contributed by atoms with Crippen molar-refractivity contribution in [1.29, 1.82) is 5.41 Å². The summed E-state index contributed by atoms with van der Waals surface area (Å²) >= 11 is 0. The number of nitrogens with zero attached hydrogens (tertiary/aromatic N) is 1. The third kappa shape index (κ3) is 5.76. The van der Waals surface area contributed by atoms with Crippen LogP contribution in [-0.4, -0.2) is 59.1 Å². The molecule has 0 spiro atoms. The summed E-state index contributed by atoms with van der Waals surface area (Å²) in [6, 6.07) is 6.15. The molecule has 14 heteroatoms. The van der Waals surface area contributed by atoms with Crippen molar-refractivity contribution in [3.63, 3.8) is 0 Å². The number of benzene rings is 1. The Morgan fingerprint density at radius 2 is 1.85 bits per heavy atom. The highest BCUT2D eigenvalue weighted by atomic mass is 19.4. The van der Waals surface area contributed by atoms with E-state index in [9.17, 15) is 32.3 Å². The number of pyridine rings is 1. The minimum absolute atomic E-state index is 0.0232. The Kier molecular flexibility index (Phi) is 7.70. The van der Waals surface area contributed by atoms with Crippen LogP contribution in [0.15, 0.2) is 65.6 Å². The number of hydrogen-bond donors (Lipinski definition) is 5.